The summed E-state index contributed by atoms with van der Waals surface area (Å²) >= 11 is 0. The predicted molar refractivity (Wildman–Crippen MR) is 106 cm³/mol. The molecule has 2 heterocycles. The highest BCUT2D eigenvalue weighted by molar-refractivity contribution is 6.11. The molecule has 0 radical (unpaired) electrons. The third-order valence-corrected chi connectivity index (χ3v) is 5.56. The molecule has 0 spiro atoms. The molecule has 0 unspecified atom stereocenters. The van der Waals surface area contributed by atoms with Crippen molar-refractivity contribution >= 4 is 28.5 Å². The first-order valence-corrected chi connectivity index (χ1v) is 10.0. The molecule has 1 fully saturated rings. The first-order valence-electron chi connectivity index (χ1n) is 10.0. The largest absolute Gasteiger partial charge is 0.461 e. The van der Waals surface area contributed by atoms with Gasteiger partial charge >= 0.3 is 5.97 Å². The number of nitrogens with one attached hydrogen (secondary N) is 4. The molecule has 1 aromatic heterocycles. The lowest BCUT2D eigenvalue weighted by atomic mass is 10.1. The minimum absolute atomic E-state index is 0.111. The summed E-state index contributed by atoms with van der Waals surface area (Å²) in [6, 6.07) is 3.78. The highest BCUT2D eigenvalue weighted by Gasteiger charge is 2.32. The molecule has 2 aromatic rings. The Kier molecular flexibility index (Phi) is 6.83. The Labute approximate surface area is 168 Å². The third kappa shape index (κ3) is 4.75. The minimum atomic E-state index is -0.597. The number of carbonyl (C=O) groups is 2. The van der Waals surface area contributed by atoms with E-state index in [9.17, 15) is 14.0 Å². The number of H-pyrrole nitrogens is 1. The topological polar surface area (TPSA) is 100 Å². The Balaban J connectivity index is 1.79. The zero-order valence-electron chi connectivity index (χ0n) is 16.8. The number of amides is 1. The summed E-state index contributed by atoms with van der Waals surface area (Å²) in [5.41, 5.74) is 0.907. The molecule has 1 aliphatic rings. The van der Waals surface area contributed by atoms with Crippen molar-refractivity contribution in [3.05, 3.63) is 29.7 Å². The van der Waals surface area contributed by atoms with Crippen molar-refractivity contribution in [2.75, 3.05) is 51.3 Å². The van der Waals surface area contributed by atoms with Crippen LogP contribution in [0.3, 0.4) is 0 Å². The molecule has 8 nitrogen and oxygen atoms in total. The molecule has 3 rings (SSSR count). The molecule has 9 heteroatoms. The van der Waals surface area contributed by atoms with Gasteiger partial charge in [0.15, 0.2) is 6.04 Å². The van der Waals surface area contributed by atoms with E-state index in [1.807, 2.05) is 6.92 Å². The number of fused-ring (bicyclic) bond motifs is 1. The maximum Gasteiger partial charge on any atom is 0.356 e. The molecular formula is C20H29FN4O4+2. The van der Waals surface area contributed by atoms with E-state index in [0.717, 1.165) is 37.6 Å². The van der Waals surface area contributed by atoms with Crippen LogP contribution in [0.4, 0.5) is 10.1 Å². The average molecular weight is 408 g/mol. The van der Waals surface area contributed by atoms with Gasteiger partial charge < -0.3 is 29.9 Å². The third-order valence-electron chi connectivity index (χ3n) is 5.56. The number of aromatic nitrogens is 1. The molecule has 1 atom stereocenters. The second kappa shape index (κ2) is 9.34. The standard InChI is InChI=1S/C20H27FN4O4/c1-3-29-20(28)18-17(15-12-14(21)4-5-16(15)22-18)23-19(27)13(2)25-8-6-24(7-9-25)10-11-26/h4-5,12-13,22,26H,3,6-11H2,1-2H3,(H,23,27)/p+2/t13-/m1/s1. The zero-order chi connectivity index (χ0) is 21.0. The number of aliphatic hydroxyl groups is 1. The number of esters is 1. The number of rotatable bonds is 7. The number of quaternary nitrogens is 2. The maximum atomic E-state index is 13.8. The number of anilines is 1. The quantitative estimate of drug-likeness (QED) is 0.364. The monoisotopic (exact) mass is 408 g/mol. The van der Waals surface area contributed by atoms with Crippen molar-refractivity contribution in [1.29, 1.82) is 0 Å². The summed E-state index contributed by atoms with van der Waals surface area (Å²) in [5, 5.41) is 12.3. The lowest BCUT2D eigenvalue weighted by Crippen LogP contribution is -3.30. The first kappa shape index (κ1) is 21.2. The predicted octanol–water partition coefficient (Wildman–Crippen LogP) is -1.41. The fraction of sp³-hybridized carbons (Fsp3) is 0.500. The van der Waals surface area contributed by atoms with Crippen LogP contribution < -0.4 is 15.1 Å². The van der Waals surface area contributed by atoms with Crippen molar-refractivity contribution in [2.45, 2.75) is 19.9 Å². The van der Waals surface area contributed by atoms with Crippen molar-refractivity contribution in [3.8, 4) is 0 Å². The van der Waals surface area contributed by atoms with Gasteiger partial charge in [0.2, 0.25) is 0 Å². The number of carbonyl (C=O) groups excluding carboxylic acids is 2. The number of halogens is 1. The number of hydrogen-bond donors (Lipinski definition) is 5. The lowest BCUT2D eigenvalue weighted by Gasteiger charge is -2.32. The molecule has 0 saturated carbocycles. The van der Waals surface area contributed by atoms with Gasteiger partial charge in [-0.1, -0.05) is 0 Å². The van der Waals surface area contributed by atoms with Crippen LogP contribution in [-0.4, -0.2) is 73.9 Å². The van der Waals surface area contributed by atoms with E-state index in [-0.39, 0.29) is 36.5 Å². The van der Waals surface area contributed by atoms with Gasteiger partial charge in [-0.3, -0.25) is 4.79 Å². The summed E-state index contributed by atoms with van der Waals surface area (Å²) in [4.78, 5) is 30.7. The zero-order valence-corrected chi connectivity index (χ0v) is 16.8. The van der Waals surface area contributed by atoms with E-state index in [0.29, 0.717) is 10.9 Å². The molecule has 29 heavy (non-hydrogen) atoms. The first-order chi connectivity index (χ1) is 13.9. The Bertz CT molecular complexity index is 877. The fourth-order valence-corrected chi connectivity index (χ4v) is 3.83. The van der Waals surface area contributed by atoms with Crippen LogP contribution in [-0.2, 0) is 9.53 Å². The van der Waals surface area contributed by atoms with Crippen LogP contribution in [0.15, 0.2) is 18.2 Å². The maximum absolute atomic E-state index is 13.8. The number of aliphatic hydroxyl groups excluding tert-OH is 1. The van der Waals surface area contributed by atoms with Crippen molar-refractivity contribution in [1.82, 2.24) is 4.98 Å². The SMILES string of the molecule is CCOC(=O)c1[nH]c2ccc(F)cc2c1NC(=O)[C@@H](C)[NH+]1CC[NH+](CCO)CC1. The van der Waals surface area contributed by atoms with E-state index >= 15 is 0 Å². The van der Waals surface area contributed by atoms with E-state index in [4.69, 9.17) is 9.84 Å². The Morgan fingerprint density at radius 3 is 2.69 bits per heavy atom. The number of piperazine rings is 1. The second-order valence-corrected chi connectivity index (χ2v) is 7.38. The molecule has 0 bridgehead atoms. The lowest BCUT2D eigenvalue weighted by molar-refractivity contribution is -1.02. The van der Waals surface area contributed by atoms with Crippen molar-refractivity contribution in [3.63, 3.8) is 0 Å². The van der Waals surface area contributed by atoms with Crippen LogP contribution >= 0.6 is 0 Å². The average Bonchev–Trinajstić information content (AvgIpc) is 3.06. The molecule has 5 N–H and O–H groups in total. The van der Waals surface area contributed by atoms with Crippen molar-refractivity contribution < 1.29 is 33.6 Å². The summed E-state index contributed by atoms with van der Waals surface area (Å²) in [5.74, 6) is -1.29. The molecule has 0 aliphatic carbocycles. The molecule has 158 valence electrons. The van der Waals surface area contributed by atoms with E-state index < -0.39 is 11.8 Å². The normalized spacial score (nSPS) is 20.4. The van der Waals surface area contributed by atoms with Crippen LogP contribution in [0.5, 0.6) is 0 Å². The summed E-state index contributed by atoms with van der Waals surface area (Å²) < 4.78 is 18.9. The van der Waals surface area contributed by atoms with Crippen LogP contribution in [0.1, 0.15) is 24.3 Å². The van der Waals surface area contributed by atoms with Gasteiger partial charge in [-0.05, 0) is 32.0 Å². The molecule has 1 saturated heterocycles. The van der Waals surface area contributed by atoms with Gasteiger partial charge in [-0.25, -0.2) is 9.18 Å². The van der Waals surface area contributed by atoms with Crippen molar-refractivity contribution in [2.24, 2.45) is 0 Å². The van der Waals surface area contributed by atoms with Gasteiger partial charge in [0, 0.05) is 10.9 Å². The van der Waals surface area contributed by atoms with Gasteiger partial charge in [-0.2, -0.15) is 0 Å². The smallest absolute Gasteiger partial charge is 0.356 e. The van der Waals surface area contributed by atoms with E-state index in [1.54, 1.807) is 6.92 Å². The number of aromatic amines is 1. The molecule has 1 aromatic carbocycles. The van der Waals surface area contributed by atoms with Crippen LogP contribution in [0.2, 0.25) is 0 Å². The Morgan fingerprint density at radius 1 is 1.31 bits per heavy atom. The number of benzene rings is 1. The number of ether oxygens (including phenoxy) is 1. The highest BCUT2D eigenvalue weighted by atomic mass is 19.1. The Hall–Kier alpha value is -2.49. The minimum Gasteiger partial charge on any atom is -0.461 e. The van der Waals surface area contributed by atoms with Gasteiger partial charge in [0.25, 0.3) is 5.91 Å². The highest BCUT2D eigenvalue weighted by Crippen LogP contribution is 2.29. The Morgan fingerprint density at radius 2 is 2.03 bits per heavy atom. The summed E-state index contributed by atoms with van der Waals surface area (Å²) in [7, 11) is 0. The summed E-state index contributed by atoms with van der Waals surface area (Å²) in [6.45, 7) is 8.03. The van der Waals surface area contributed by atoms with Crippen LogP contribution in [0, 0.1) is 5.82 Å². The second-order valence-electron chi connectivity index (χ2n) is 7.38. The van der Waals surface area contributed by atoms with Gasteiger partial charge in [-0.15, -0.1) is 0 Å². The van der Waals surface area contributed by atoms with Gasteiger partial charge in [0.05, 0.1) is 18.9 Å². The molecular weight excluding hydrogens is 379 g/mol. The summed E-state index contributed by atoms with van der Waals surface area (Å²) in [6.07, 6.45) is 0. The van der Waals surface area contributed by atoms with E-state index in [1.165, 1.54) is 23.1 Å². The number of hydrogen-bond acceptors (Lipinski definition) is 4. The molecule has 1 aliphatic heterocycles. The van der Waals surface area contributed by atoms with Gasteiger partial charge in [0.1, 0.15) is 44.2 Å². The van der Waals surface area contributed by atoms with Crippen LogP contribution in [0.25, 0.3) is 10.9 Å². The molecule has 1 amide bonds. The fourth-order valence-electron chi connectivity index (χ4n) is 3.83. The van der Waals surface area contributed by atoms with E-state index in [2.05, 4.69) is 10.3 Å².